The lowest BCUT2D eigenvalue weighted by Crippen LogP contribution is -2.57. The van der Waals surface area contributed by atoms with Crippen LogP contribution in [0.3, 0.4) is 0 Å². The minimum atomic E-state index is -4.05. The van der Waals surface area contributed by atoms with Crippen molar-refractivity contribution in [3.8, 4) is 0 Å². The van der Waals surface area contributed by atoms with E-state index >= 15 is 0 Å². The molecule has 0 aromatic heterocycles. The quantitative estimate of drug-likeness (QED) is 0.199. The van der Waals surface area contributed by atoms with E-state index < -0.39 is 40.6 Å². The Morgan fingerprint density at radius 1 is 1.10 bits per heavy atom. The van der Waals surface area contributed by atoms with Crippen LogP contribution in [-0.2, 0) is 25.9 Å². The second kappa shape index (κ2) is 13.1. The second-order valence-corrected chi connectivity index (χ2v) is 12.6. The van der Waals surface area contributed by atoms with Gasteiger partial charge in [0, 0.05) is 19.0 Å². The van der Waals surface area contributed by atoms with Gasteiger partial charge in [-0.1, -0.05) is 61.5 Å². The van der Waals surface area contributed by atoms with Crippen molar-refractivity contribution < 1.29 is 38.1 Å². The van der Waals surface area contributed by atoms with Crippen LogP contribution in [0.25, 0.3) is 0 Å². The molecule has 0 aliphatic carbocycles. The second-order valence-electron chi connectivity index (χ2n) is 10.6. The van der Waals surface area contributed by atoms with Crippen LogP contribution in [0.5, 0.6) is 0 Å². The topological polar surface area (TPSA) is 149 Å². The van der Waals surface area contributed by atoms with Crippen LogP contribution >= 0.6 is 0 Å². The number of oxime groups is 1. The molecule has 2 fully saturated rings. The van der Waals surface area contributed by atoms with E-state index in [0.29, 0.717) is 18.6 Å². The standard InChI is InChI=1S/C28H37N3O8S/c1-19(2)16-30(40(36,37)22-10-8-21(9-11-22)15-29-35)17-26(32)24(14-20-6-4-3-5-7-20)31(28(33)34)25-18-39-27-23(25)12-13-38-27/h3-11,15,19,23-27,32,35H,12-14,16-18H2,1-2H3,(H,33,34)/t23?,24-,25?,26+,27?/m0/s1. The molecule has 12 heteroatoms. The minimum absolute atomic E-state index is 0.0141. The summed E-state index contributed by atoms with van der Waals surface area (Å²) in [4.78, 5) is 14.0. The van der Waals surface area contributed by atoms with Crippen molar-refractivity contribution in [2.75, 3.05) is 26.3 Å². The highest BCUT2D eigenvalue weighted by molar-refractivity contribution is 7.89. The third-order valence-electron chi connectivity index (χ3n) is 7.36. The molecule has 2 heterocycles. The first-order valence-electron chi connectivity index (χ1n) is 13.4. The molecule has 3 unspecified atom stereocenters. The molecule has 2 aromatic rings. The zero-order valence-corrected chi connectivity index (χ0v) is 23.4. The van der Waals surface area contributed by atoms with Crippen LogP contribution in [0.2, 0.25) is 0 Å². The number of ether oxygens (including phenoxy) is 2. The molecule has 5 atom stereocenters. The molecule has 218 valence electrons. The van der Waals surface area contributed by atoms with Gasteiger partial charge in [0.25, 0.3) is 0 Å². The number of carboxylic acid groups (broad SMARTS) is 1. The Morgan fingerprint density at radius 3 is 2.42 bits per heavy atom. The monoisotopic (exact) mass is 575 g/mol. The molecule has 40 heavy (non-hydrogen) atoms. The molecule has 2 aliphatic heterocycles. The van der Waals surface area contributed by atoms with Gasteiger partial charge in [0.15, 0.2) is 6.29 Å². The summed E-state index contributed by atoms with van der Waals surface area (Å²) in [5.74, 6) is -0.233. The summed E-state index contributed by atoms with van der Waals surface area (Å²) in [5, 5.41) is 33.8. The average Bonchev–Trinajstić information content (AvgIpc) is 3.54. The summed E-state index contributed by atoms with van der Waals surface area (Å²) in [6.45, 7) is 4.16. The molecule has 2 aliphatic rings. The van der Waals surface area contributed by atoms with Gasteiger partial charge in [0.05, 0.1) is 42.5 Å². The molecule has 1 amide bonds. The summed E-state index contributed by atoms with van der Waals surface area (Å²) in [7, 11) is -4.05. The lowest BCUT2D eigenvalue weighted by Gasteiger charge is -2.39. The van der Waals surface area contributed by atoms with E-state index in [4.69, 9.17) is 14.7 Å². The predicted molar refractivity (Wildman–Crippen MR) is 147 cm³/mol. The molecule has 0 radical (unpaired) electrons. The van der Waals surface area contributed by atoms with E-state index in [1.165, 1.54) is 39.7 Å². The highest BCUT2D eigenvalue weighted by atomic mass is 32.2. The van der Waals surface area contributed by atoms with Gasteiger partial charge in [-0.05, 0) is 42.0 Å². The number of hydrogen-bond donors (Lipinski definition) is 3. The first kappa shape index (κ1) is 29.9. The van der Waals surface area contributed by atoms with Gasteiger partial charge in [-0.2, -0.15) is 4.31 Å². The van der Waals surface area contributed by atoms with Crippen LogP contribution < -0.4 is 0 Å². The number of amides is 1. The third-order valence-corrected chi connectivity index (χ3v) is 9.21. The lowest BCUT2D eigenvalue weighted by molar-refractivity contribution is -0.0906. The first-order chi connectivity index (χ1) is 19.1. The summed E-state index contributed by atoms with van der Waals surface area (Å²) in [6.07, 6.45) is -1.02. The smallest absolute Gasteiger partial charge is 0.407 e. The van der Waals surface area contributed by atoms with Gasteiger partial charge in [-0.15, -0.1) is 0 Å². The Bertz CT molecular complexity index is 1260. The normalized spacial score (nSPS) is 22.6. The van der Waals surface area contributed by atoms with Crippen molar-refractivity contribution in [3.05, 3.63) is 65.7 Å². The van der Waals surface area contributed by atoms with Crippen molar-refractivity contribution in [2.45, 2.75) is 56.1 Å². The van der Waals surface area contributed by atoms with Gasteiger partial charge in [0.1, 0.15) is 0 Å². The van der Waals surface area contributed by atoms with Gasteiger partial charge in [0.2, 0.25) is 10.0 Å². The highest BCUT2D eigenvalue weighted by Crippen LogP contribution is 2.36. The molecular weight excluding hydrogens is 538 g/mol. The number of sulfonamides is 1. The van der Waals surface area contributed by atoms with Crippen LogP contribution in [0, 0.1) is 11.8 Å². The van der Waals surface area contributed by atoms with Crippen molar-refractivity contribution in [3.63, 3.8) is 0 Å². The number of aliphatic hydroxyl groups excluding tert-OH is 1. The molecule has 0 saturated carbocycles. The van der Waals surface area contributed by atoms with Crippen LogP contribution in [-0.4, -0.2) is 96.1 Å². The first-order valence-corrected chi connectivity index (χ1v) is 14.8. The third kappa shape index (κ3) is 6.81. The van der Waals surface area contributed by atoms with Gasteiger partial charge in [-0.3, -0.25) is 4.90 Å². The van der Waals surface area contributed by atoms with E-state index in [9.17, 15) is 23.4 Å². The van der Waals surface area contributed by atoms with Crippen molar-refractivity contribution >= 4 is 22.3 Å². The van der Waals surface area contributed by atoms with Gasteiger partial charge in [-0.25, -0.2) is 13.2 Å². The number of nitrogens with zero attached hydrogens (tertiary/aromatic N) is 3. The zero-order chi connectivity index (χ0) is 28.9. The summed E-state index contributed by atoms with van der Waals surface area (Å²) >= 11 is 0. The Kier molecular flexibility index (Phi) is 9.80. The van der Waals surface area contributed by atoms with E-state index in [2.05, 4.69) is 5.16 Å². The fraction of sp³-hybridized carbons (Fsp3) is 0.500. The highest BCUT2D eigenvalue weighted by Gasteiger charge is 2.49. The van der Waals surface area contributed by atoms with E-state index in [-0.39, 0.29) is 42.8 Å². The number of hydrogen-bond acceptors (Lipinski definition) is 8. The molecule has 11 nitrogen and oxygen atoms in total. The van der Waals surface area contributed by atoms with Gasteiger partial charge >= 0.3 is 6.09 Å². The van der Waals surface area contributed by atoms with Crippen LogP contribution in [0.15, 0.2) is 64.6 Å². The predicted octanol–water partition coefficient (Wildman–Crippen LogP) is 2.86. The molecule has 2 aromatic carbocycles. The molecular formula is C28H37N3O8S. The number of aliphatic hydroxyl groups is 1. The number of benzene rings is 2. The van der Waals surface area contributed by atoms with Crippen molar-refractivity contribution in [2.24, 2.45) is 17.0 Å². The summed E-state index contributed by atoms with van der Waals surface area (Å²) < 4.78 is 40.0. The molecule has 2 saturated heterocycles. The maximum Gasteiger partial charge on any atom is 0.407 e. The summed E-state index contributed by atoms with van der Waals surface area (Å²) in [5.41, 5.74) is 1.33. The van der Waals surface area contributed by atoms with Crippen LogP contribution in [0.1, 0.15) is 31.4 Å². The SMILES string of the molecule is CC(C)CN(C[C@@H](O)[C@H](Cc1ccccc1)N(C(=O)O)C1COC2OCCC21)S(=O)(=O)c1ccc(C=NO)cc1. The minimum Gasteiger partial charge on any atom is -0.465 e. The Labute approximate surface area is 234 Å². The van der Waals surface area contributed by atoms with Crippen molar-refractivity contribution in [1.82, 2.24) is 9.21 Å². The van der Waals surface area contributed by atoms with E-state index in [1.807, 2.05) is 44.2 Å². The molecule has 4 rings (SSSR count). The average molecular weight is 576 g/mol. The Hall–Kier alpha value is -3.03. The largest absolute Gasteiger partial charge is 0.465 e. The Morgan fingerprint density at radius 2 is 1.80 bits per heavy atom. The van der Waals surface area contributed by atoms with Crippen molar-refractivity contribution in [1.29, 1.82) is 0 Å². The lowest BCUT2D eigenvalue weighted by atomic mass is 9.93. The number of rotatable bonds is 12. The molecule has 3 N–H and O–H groups in total. The van der Waals surface area contributed by atoms with Gasteiger partial charge < -0.3 is 24.9 Å². The molecule has 0 bridgehead atoms. The summed E-state index contributed by atoms with van der Waals surface area (Å²) in [6, 6.07) is 13.6. The maximum atomic E-state index is 13.7. The Balaban J connectivity index is 1.66. The van der Waals surface area contributed by atoms with E-state index in [0.717, 1.165) is 5.56 Å². The number of fused-ring (bicyclic) bond motifs is 1. The van der Waals surface area contributed by atoms with Crippen LogP contribution in [0.4, 0.5) is 4.79 Å². The number of carbonyl (C=O) groups is 1. The fourth-order valence-electron chi connectivity index (χ4n) is 5.48. The maximum absolute atomic E-state index is 13.7. The zero-order valence-electron chi connectivity index (χ0n) is 22.6. The fourth-order valence-corrected chi connectivity index (χ4v) is 7.11. The molecule has 0 spiro atoms. The van der Waals surface area contributed by atoms with E-state index in [1.54, 1.807) is 0 Å².